The van der Waals surface area contributed by atoms with Gasteiger partial charge in [-0.3, -0.25) is 0 Å². The van der Waals surface area contributed by atoms with Gasteiger partial charge in [-0.25, -0.2) is 0 Å². The number of ether oxygens (including phenoxy) is 1. The van der Waals surface area contributed by atoms with Gasteiger partial charge in [0.2, 0.25) is 0 Å². The highest BCUT2D eigenvalue weighted by Gasteiger charge is 2.36. The molecule has 0 radical (unpaired) electrons. The maximum Gasteiger partial charge on any atom is 0.0608 e. The lowest BCUT2D eigenvalue weighted by Crippen LogP contribution is -2.09. The quantitative estimate of drug-likeness (QED) is 0.572. The van der Waals surface area contributed by atoms with E-state index in [1.807, 2.05) is 0 Å². The van der Waals surface area contributed by atoms with Gasteiger partial charge >= 0.3 is 0 Å². The van der Waals surface area contributed by atoms with E-state index in [0.717, 1.165) is 5.92 Å². The molecule has 0 aromatic heterocycles. The van der Waals surface area contributed by atoms with Crippen molar-refractivity contribution in [2.45, 2.75) is 51.2 Å². The predicted octanol–water partition coefficient (Wildman–Crippen LogP) is 2.35. The molecule has 0 N–H and O–H groups in total. The first-order chi connectivity index (χ1) is 4.86. The van der Waals surface area contributed by atoms with Crippen LogP contribution in [0.2, 0.25) is 0 Å². The highest BCUT2D eigenvalue weighted by Crippen LogP contribution is 2.36. The van der Waals surface area contributed by atoms with Crippen LogP contribution in [0.5, 0.6) is 0 Å². The van der Waals surface area contributed by atoms with Gasteiger partial charge in [-0.1, -0.05) is 19.8 Å². The van der Waals surface area contributed by atoms with Crippen molar-refractivity contribution in [2.75, 3.05) is 0 Å². The molecule has 0 amide bonds. The molecule has 0 heterocycles. The summed E-state index contributed by atoms with van der Waals surface area (Å²) in [5.74, 6) is 0.862. The van der Waals surface area contributed by atoms with Crippen LogP contribution in [-0.2, 0) is 4.74 Å². The molecule has 58 valence electrons. The molecule has 2 saturated carbocycles. The van der Waals surface area contributed by atoms with Crippen LogP contribution in [0.4, 0.5) is 0 Å². The second-order valence-electron chi connectivity index (χ2n) is 3.79. The molecule has 1 heteroatoms. The van der Waals surface area contributed by atoms with Crippen LogP contribution in [0.25, 0.3) is 0 Å². The van der Waals surface area contributed by atoms with E-state index in [1.54, 1.807) is 0 Å². The van der Waals surface area contributed by atoms with Crippen molar-refractivity contribution < 1.29 is 4.74 Å². The minimum absolute atomic E-state index is 0.634. The van der Waals surface area contributed by atoms with E-state index < -0.39 is 0 Å². The summed E-state index contributed by atoms with van der Waals surface area (Å²) in [6, 6.07) is 0. The first-order valence-electron chi connectivity index (χ1n) is 4.52. The standard InChI is InChI=1S/C9H16O/c1-7-6-9(7)10-8-4-2-3-5-8/h7-9H,2-6H2,1H3. The van der Waals surface area contributed by atoms with E-state index >= 15 is 0 Å². The van der Waals surface area contributed by atoms with Gasteiger partial charge in [-0.05, 0) is 25.2 Å². The molecular formula is C9H16O. The summed E-state index contributed by atoms with van der Waals surface area (Å²) in [4.78, 5) is 0. The van der Waals surface area contributed by atoms with Crippen molar-refractivity contribution in [1.82, 2.24) is 0 Å². The van der Waals surface area contributed by atoms with Crippen molar-refractivity contribution in [3.05, 3.63) is 0 Å². The van der Waals surface area contributed by atoms with Crippen LogP contribution in [-0.4, -0.2) is 12.2 Å². The minimum Gasteiger partial charge on any atom is -0.375 e. The lowest BCUT2D eigenvalue weighted by molar-refractivity contribution is 0.0383. The molecule has 10 heavy (non-hydrogen) atoms. The van der Waals surface area contributed by atoms with Crippen LogP contribution in [0, 0.1) is 5.92 Å². The number of hydrogen-bond donors (Lipinski definition) is 0. The van der Waals surface area contributed by atoms with Gasteiger partial charge in [0.1, 0.15) is 0 Å². The molecule has 2 aliphatic carbocycles. The Bertz CT molecular complexity index is 116. The summed E-state index contributed by atoms with van der Waals surface area (Å²) in [6.45, 7) is 2.28. The molecule has 2 atom stereocenters. The topological polar surface area (TPSA) is 9.23 Å². The highest BCUT2D eigenvalue weighted by molar-refractivity contribution is 4.85. The average Bonchev–Trinajstić information content (AvgIpc) is 2.48. The maximum absolute atomic E-state index is 5.83. The first kappa shape index (κ1) is 6.66. The molecule has 2 aliphatic rings. The zero-order chi connectivity index (χ0) is 6.97. The predicted molar refractivity (Wildman–Crippen MR) is 40.9 cm³/mol. The fourth-order valence-corrected chi connectivity index (χ4v) is 1.75. The molecule has 2 fully saturated rings. The van der Waals surface area contributed by atoms with Crippen LogP contribution in [0.1, 0.15) is 39.0 Å². The zero-order valence-electron chi connectivity index (χ0n) is 6.68. The Balaban J connectivity index is 1.70. The monoisotopic (exact) mass is 140 g/mol. The fourth-order valence-electron chi connectivity index (χ4n) is 1.75. The van der Waals surface area contributed by atoms with E-state index in [-0.39, 0.29) is 0 Å². The Morgan fingerprint density at radius 2 is 1.80 bits per heavy atom. The van der Waals surface area contributed by atoms with Crippen molar-refractivity contribution in [2.24, 2.45) is 5.92 Å². The summed E-state index contributed by atoms with van der Waals surface area (Å²) in [6.07, 6.45) is 8.03. The second kappa shape index (κ2) is 2.54. The van der Waals surface area contributed by atoms with Crippen LogP contribution >= 0.6 is 0 Å². The fraction of sp³-hybridized carbons (Fsp3) is 1.00. The molecule has 0 spiro atoms. The summed E-state index contributed by atoms with van der Waals surface area (Å²) < 4.78 is 5.83. The van der Waals surface area contributed by atoms with Crippen LogP contribution in [0.15, 0.2) is 0 Å². The van der Waals surface area contributed by atoms with Gasteiger partial charge in [0, 0.05) is 0 Å². The van der Waals surface area contributed by atoms with E-state index in [9.17, 15) is 0 Å². The van der Waals surface area contributed by atoms with Gasteiger partial charge in [0.15, 0.2) is 0 Å². The number of hydrogen-bond acceptors (Lipinski definition) is 1. The highest BCUT2D eigenvalue weighted by atomic mass is 16.5. The van der Waals surface area contributed by atoms with E-state index in [1.165, 1.54) is 32.1 Å². The Hall–Kier alpha value is -0.0400. The zero-order valence-corrected chi connectivity index (χ0v) is 6.68. The van der Waals surface area contributed by atoms with Crippen molar-refractivity contribution in [3.8, 4) is 0 Å². The average molecular weight is 140 g/mol. The van der Waals surface area contributed by atoms with Gasteiger partial charge in [-0.15, -0.1) is 0 Å². The van der Waals surface area contributed by atoms with Crippen molar-refractivity contribution in [1.29, 1.82) is 0 Å². The molecule has 2 rings (SSSR count). The molecule has 0 bridgehead atoms. The molecule has 0 saturated heterocycles. The third kappa shape index (κ3) is 1.34. The molecule has 1 nitrogen and oxygen atoms in total. The Morgan fingerprint density at radius 1 is 1.20 bits per heavy atom. The van der Waals surface area contributed by atoms with Gasteiger partial charge < -0.3 is 4.74 Å². The molecular weight excluding hydrogens is 124 g/mol. The summed E-state index contributed by atoms with van der Waals surface area (Å²) in [5, 5.41) is 0. The van der Waals surface area contributed by atoms with Gasteiger partial charge in [-0.2, -0.15) is 0 Å². The van der Waals surface area contributed by atoms with Gasteiger partial charge in [0.25, 0.3) is 0 Å². The maximum atomic E-state index is 5.83. The largest absolute Gasteiger partial charge is 0.375 e. The van der Waals surface area contributed by atoms with Crippen molar-refractivity contribution >= 4 is 0 Å². The van der Waals surface area contributed by atoms with Crippen LogP contribution in [0.3, 0.4) is 0 Å². The Morgan fingerprint density at radius 3 is 2.30 bits per heavy atom. The lowest BCUT2D eigenvalue weighted by Gasteiger charge is -2.09. The van der Waals surface area contributed by atoms with Gasteiger partial charge in [0.05, 0.1) is 12.2 Å². The second-order valence-corrected chi connectivity index (χ2v) is 3.79. The summed E-state index contributed by atoms with van der Waals surface area (Å²) in [7, 11) is 0. The molecule has 0 aromatic carbocycles. The van der Waals surface area contributed by atoms with Crippen LogP contribution < -0.4 is 0 Å². The number of rotatable bonds is 2. The summed E-state index contributed by atoms with van der Waals surface area (Å²) in [5.41, 5.74) is 0. The minimum atomic E-state index is 0.634. The molecule has 2 unspecified atom stereocenters. The smallest absolute Gasteiger partial charge is 0.0608 e. The Kier molecular flexibility index (Phi) is 1.69. The normalized spacial score (nSPS) is 40.5. The van der Waals surface area contributed by atoms with E-state index in [4.69, 9.17) is 4.74 Å². The third-order valence-electron chi connectivity index (χ3n) is 2.71. The lowest BCUT2D eigenvalue weighted by atomic mass is 10.3. The SMILES string of the molecule is CC1CC1OC1CCCC1. The molecule has 0 aliphatic heterocycles. The van der Waals surface area contributed by atoms with E-state index in [2.05, 4.69) is 6.92 Å². The molecule has 0 aromatic rings. The third-order valence-corrected chi connectivity index (χ3v) is 2.71. The first-order valence-corrected chi connectivity index (χ1v) is 4.52. The van der Waals surface area contributed by atoms with E-state index in [0.29, 0.717) is 12.2 Å². The summed E-state index contributed by atoms with van der Waals surface area (Å²) >= 11 is 0. The Labute approximate surface area is 62.8 Å². The van der Waals surface area contributed by atoms with Crippen molar-refractivity contribution in [3.63, 3.8) is 0 Å².